The molecule has 0 radical (unpaired) electrons. The van der Waals surface area contributed by atoms with Gasteiger partial charge in [0, 0.05) is 32.7 Å². The first-order chi connectivity index (χ1) is 12.0. The molecule has 3 rings (SSSR count). The first-order valence-corrected chi connectivity index (χ1v) is 8.24. The van der Waals surface area contributed by atoms with Gasteiger partial charge in [0.25, 0.3) is 5.91 Å². The fourth-order valence-electron chi connectivity index (χ4n) is 3.04. The monoisotopic (exact) mass is 348 g/mol. The van der Waals surface area contributed by atoms with Gasteiger partial charge in [-0.05, 0) is 36.2 Å². The molecule has 1 fully saturated rings. The standard InChI is InChI=1S/C19H19F3N2O/c20-15-7-5-14(6-8-15)13-23-9-2-10-24(12-11-23)19(25)18-16(21)3-1-4-17(18)22/h1,3-8H,2,9-13H2. The van der Waals surface area contributed by atoms with Gasteiger partial charge in [-0.3, -0.25) is 9.69 Å². The number of carbonyl (C=O) groups is 1. The van der Waals surface area contributed by atoms with Gasteiger partial charge in [0.05, 0.1) is 0 Å². The predicted molar refractivity (Wildman–Crippen MR) is 88.6 cm³/mol. The Hall–Kier alpha value is -2.34. The number of hydrogen-bond acceptors (Lipinski definition) is 2. The Bertz CT molecular complexity index is 729. The molecule has 132 valence electrons. The maximum atomic E-state index is 13.8. The van der Waals surface area contributed by atoms with Crippen molar-refractivity contribution in [3.8, 4) is 0 Å². The van der Waals surface area contributed by atoms with Crippen molar-refractivity contribution in [1.82, 2.24) is 9.80 Å². The third kappa shape index (κ3) is 4.20. The Morgan fingerprint density at radius 3 is 2.24 bits per heavy atom. The van der Waals surface area contributed by atoms with Gasteiger partial charge in [-0.1, -0.05) is 18.2 Å². The van der Waals surface area contributed by atoms with Crippen LogP contribution in [0, 0.1) is 17.5 Å². The Labute approximate surface area is 144 Å². The van der Waals surface area contributed by atoms with Crippen molar-refractivity contribution in [2.45, 2.75) is 13.0 Å². The number of amides is 1. The summed E-state index contributed by atoms with van der Waals surface area (Å²) in [6.07, 6.45) is 0.711. The summed E-state index contributed by atoms with van der Waals surface area (Å²) in [6, 6.07) is 9.74. The van der Waals surface area contributed by atoms with Crippen LogP contribution in [0.3, 0.4) is 0 Å². The number of nitrogens with zero attached hydrogens (tertiary/aromatic N) is 2. The maximum absolute atomic E-state index is 13.8. The van der Waals surface area contributed by atoms with Gasteiger partial charge in [0.2, 0.25) is 0 Å². The summed E-state index contributed by atoms with van der Waals surface area (Å²) < 4.78 is 40.6. The Morgan fingerprint density at radius 2 is 1.56 bits per heavy atom. The summed E-state index contributed by atoms with van der Waals surface area (Å²) in [6.45, 7) is 2.86. The smallest absolute Gasteiger partial charge is 0.259 e. The third-order valence-electron chi connectivity index (χ3n) is 4.37. The summed E-state index contributed by atoms with van der Waals surface area (Å²) in [7, 11) is 0. The molecule has 0 aromatic heterocycles. The van der Waals surface area contributed by atoms with Crippen molar-refractivity contribution >= 4 is 5.91 Å². The van der Waals surface area contributed by atoms with Crippen molar-refractivity contribution in [2.75, 3.05) is 26.2 Å². The van der Waals surface area contributed by atoms with Crippen LogP contribution in [0.2, 0.25) is 0 Å². The fraction of sp³-hybridized carbons (Fsp3) is 0.316. The average molecular weight is 348 g/mol. The lowest BCUT2D eigenvalue weighted by Gasteiger charge is -2.22. The van der Waals surface area contributed by atoms with Crippen molar-refractivity contribution in [2.24, 2.45) is 0 Å². The second-order valence-corrected chi connectivity index (χ2v) is 6.15. The highest BCUT2D eigenvalue weighted by molar-refractivity contribution is 5.94. The first-order valence-electron chi connectivity index (χ1n) is 8.24. The lowest BCUT2D eigenvalue weighted by molar-refractivity contribution is 0.0751. The van der Waals surface area contributed by atoms with Crippen molar-refractivity contribution in [3.63, 3.8) is 0 Å². The van der Waals surface area contributed by atoms with Gasteiger partial charge in [-0.2, -0.15) is 0 Å². The van der Waals surface area contributed by atoms with Gasteiger partial charge >= 0.3 is 0 Å². The molecule has 0 bridgehead atoms. The molecule has 3 nitrogen and oxygen atoms in total. The molecule has 1 aliphatic heterocycles. The van der Waals surface area contributed by atoms with Crippen LogP contribution < -0.4 is 0 Å². The minimum absolute atomic E-state index is 0.275. The van der Waals surface area contributed by atoms with Gasteiger partial charge < -0.3 is 4.90 Å². The zero-order valence-electron chi connectivity index (χ0n) is 13.7. The van der Waals surface area contributed by atoms with E-state index in [0.717, 1.165) is 24.2 Å². The highest BCUT2D eigenvalue weighted by Crippen LogP contribution is 2.17. The second-order valence-electron chi connectivity index (χ2n) is 6.15. The molecule has 6 heteroatoms. The van der Waals surface area contributed by atoms with Crippen LogP contribution in [-0.4, -0.2) is 41.9 Å². The Morgan fingerprint density at radius 1 is 0.880 bits per heavy atom. The molecule has 0 atom stereocenters. The van der Waals surface area contributed by atoms with Crippen LogP contribution in [0.5, 0.6) is 0 Å². The molecule has 0 N–H and O–H groups in total. The van der Waals surface area contributed by atoms with E-state index in [1.807, 2.05) is 0 Å². The maximum Gasteiger partial charge on any atom is 0.259 e. The van der Waals surface area contributed by atoms with E-state index in [2.05, 4.69) is 4.90 Å². The molecule has 1 saturated heterocycles. The van der Waals surface area contributed by atoms with E-state index >= 15 is 0 Å². The number of hydrogen-bond donors (Lipinski definition) is 0. The molecular formula is C19H19F3N2O. The molecule has 0 saturated carbocycles. The predicted octanol–water partition coefficient (Wildman–Crippen LogP) is 3.45. The largest absolute Gasteiger partial charge is 0.337 e. The molecule has 2 aromatic carbocycles. The molecule has 0 spiro atoms. The number of rotatable bonds is 3. The molecule has 2 aromatic rings. The molecule has 0 aliphatic carbocycles. The highest BCUT2D eigenvalue weighted by Gasteiger charge is 2.25. The van der Waals surface area contributed by atoms with Gasteiger partial charge in [0.15, 0.2) is 0 Å². The van der Waals surface area contributed by atoms with E-state index in [0.29, 0.717) is 32.6 Å². The van der Waals surface area contributed by atoms with E-state index in [-0.39, 0.29) is 5.82 Å². The van der Waals surface area contributed by atoms with Crippen LogP contribution in [-0.2, 0) is 6.54 Å². The quantitative estimate of drug-likeness (QED) is 0.848. The third-order valence-corrected chi connectivity index (χ3v) is 4.37. The van der Waals surface area contributed by atoms with Crippen LogP contribution in [0.15, 0.2) is 42.5 Å². The van der Waals surface area contributed by atoms with Crippen LogP contribution in [0.1, 0.15) is 22.3 Å². The lowest BCUT2D eigenvalue weighted by Crippen LogP contribution is -2.36. The highest BCUT2D eigenvalue weighted by atomic mass is 19.1. The SMILES string of the molecule is O=C(c1c(F)cccc1F)N1CCCN(Cc2ccc(F)cc2)CC1. The topological polar surface area (TPSA) is 23.6 Å². The summed E-state index contributed by atoms with van der Waals surface area (Å²) in [4.78, 5) is 16.1. The molecule has 25 heavy (non-hydrogen) atoms. The number of halogens is 3. The van der Waals surface area contributed by atoms with Gasteiger partial charge in [0.1, 0.15) is 23.0 Å². The lowest BCUT2D eigenvalue weighted by atomic mass is 10.1. The van der Waals surface area contributed by atoms with E-state index < -0.39 is 23.1 Å². The first kappa shape index (κ1) is 17.5. The summed E-state index contributed by atoms with van der Waals surface area (Å²) >= 11 is 0. The van der Waals surface area contributed by atoms with Gasteiger partial charge in [-0.25, -0.2) is 13.2 Å². The summed E-state index contributed by atoms with van der Waals surface area (Å²) in [5.41, 5.74) is 0.496. The second kappa shape index (κ2) is 7.70. The number of carbonyl (C=O) groups excluding carboxylic acids is 1. The van der Waals surface area contributed by atoms with E-state index in [9.17, 15) is 18.0 Å². The number of benzene rings is 2. The Kier molecular flexibility index (Phi) is 5.38. The van der Waals surface area contributed by atoms with Crippen LogP contribution in [0.4, 0.5) is 13.2 Å². The van der Waals surface area contributed by atoms with E-state index in [4.69, 9.17) is 0 Å². The minimum atomic E-state index is -0.836. The average Bonchev–Trinajstić information content (AvgIpc) is 2.82. The normalized spacial score (nSPS) is 15.9. The van der Waals surface area contributed by atoms with Crippen molar-refractivity contribution in [3.05, 3.63) is 71.0 Å². The molecule has 0 unspecified atom stereocenters. The zero-order chi connectivity index (χ0) is 17.8. The minimum Gasteiger partial charge on any atom is -0.337 e. The van der Waals surface area contributed by atoms with Crippen molar-refractivity contribution < 1.29 is 18.0 Å². The summed E-state index contributed by atoms with van der Waals surface area (Å²) in [5, 5.41) is 0. The molecule has 1 aliphatic rings. The van der Waals surface area contributed by atoms with Crippen LogP contribution in [0.25, 0.3) is 0 Å². The fourth-order valence-corrected chi connectivity index (χ4v) is 3.04. The van der Waals surface area contributed by atoms with Crippen LogP contribution >= 0.6 is 0 Å². The Balaban J connectivity index is 1.65. The molecule has 1 amide bonds. The summed E-state index contributed by atoms with van der Waals surface area (Å²) in [5.74, 6) is -2.56. The van der Waals surface area contributed by atoms with Crippen molar-refractivity contribution in [1.29, 1.82) is 0 Å². The van der Waals surface area contributed by atoms with E-state index in [1.165, 1.54) is 23.1 Å². The van der Waals surface area contributed by atoms with Gasteiger partial charge in [-0.15, -0.1) is 0 Å². The molecule has 1 heterocycles. The molecular weight excluding hydrogens is 329 g/mol. The van der Waals surface area contributed by atoms with E-state index in [1.54, 1.807) is 12.1 Å². The zero-order valence-corrected chi connectivity index (χ0v) is 13.7.